The average Bonchev–Trinajstić information content (AvgIpc) is 2.70. The summed E-state index contributed by atoms with van der Waals surface area (Å²) in [6.07, 6.45) is 3.23. The molecule has 2 rings (SSSR count). The number of hydrogen-bond donors (Lipinski definition) is 1. The van der Waals surface area contributed by atoms with Gasteiger partial charge in [-0.2, -0.15) is 0 Å². The standard InChI is InChI=1S/C11H10Cl2N2O2S2/c1-7(8-3-2-4-14-6-8)15-19(16,17)9-5-10(12)18-11(9)13/h2-7,15H,1H3/t7-/m1/s1. The van der Waals surface area contributed by atoms with Gasteiger partial charge in [-0.3, -0.25) is 4.98 Å². The van der Waals surface area contributed by atoms with Gasteiger partial charge in [0.25, 0.3) is 0 Å². The number of halogens is 2. The fourth-order valence-electron chi connectivity index (χ4n) is 1.50. The minimum Gasteiger partial charge on any atom is -0.264 e. The van der Waals surface area contributed by atoms with E-state index in [4.69, 9.17) is 23.2 Å². The minimum atomic E-state index is -3.70. The van der Waals surface area contributed by atoms with E-state index in [1.807, 2.05) is 0 Å². The first-order valence-electron chi connectivity index (χ1n) is 5.27. The zero-order valence-corrected chi connectivity index (χ0v) is 12.9. The first-order chi connectivity index (χ1) is 8.90. The number of nitrogens with zero attached hydrogens (tertiary/aromatic N) is 1. The molecule has 1 N–H and O–H groups in total. The maximum absolute atomic E-state index is 12.2. The van der Waals surface area contributed by atoms with Gasteiger partial charge in [0.1, 0.15) is 9.23 Å². The van der Waals surface area contributed by atoms with E-state index >= 15 is 0 Å². The molecular weight excluding hydrogens is 327 g/mol. The van der Waals surface area contributed by atoms with Crippen LogP contribution in [0.3, 0.4) is 0 Å². The topological polar surface area (TPSA) is 59.1 Å². The maximum Gasteiger partial charge on any atom is 0.243 e. The van der Waals surface area contributed by atoms with E-state index in [1.54, 1.807) is 31.5 Å². The molecule has 0 unspecified atom stereocenters. The number of sulfonamides is 1. The first kappa shape index (κ1) is 14.7. The van der Waals surface area contributed by atoms with Gasteiger partial charge >= 0.3 is 0 Å². The summed E-state index contributed by atoms with van der Waals surface area (Å²) in [5, 5.41) is 0. The van der Waals surface area contributed by atoms with Gasteiger partial charge in [-0.05, 0) is 24.6 Å². The third kappa shape index (κ3) is 3.46. The minimum absolute atomic E-state index is 0.0000861. The van der Waals surface area contributed by atoms with Crippen molar-refractivity contribution in [1.29, 1.82) is 0 Å². The molecule has 2 aromatic rings. The Balaban J connectivity index is 2.25. The summed E-state index contributed by atoms with van der Waals surface area (Å²) in [5.41, 5.74) is 0.767. The van der Waals surface area contributed by atoms with Crippen molar-refractivity contribution in [3.05, 3.63) is 44.8 Å². The van der Waals surface area contributed by atoms with Crippen molar-refractivity contribution in [3.63, 3.8) is 0 Å². The summed E-state index contributed by atoms with van der Waals surface area (Å²) in [6.45, 7) is 1.73. The molecule has 0 radical (unpaired) electrons. The molecule has 1 atom stereocenters. The summed E-state index contributed by atoms with van der Waals surface area (Å²) in [4.78, 5) is 3.95. The van der Waals surface area contributed by atoms with Crippen LogP contribution in [-0.2, 0) is 10.0 Å². The van der Waals surface area contributed by atoms with Crippen molar-refractivity contribution in [1.82, 2.24) is 9.71 Å². The van der Waals surface area contributed by atoms with Gasteiger partial charge in [-0.25, -0.2) is 13.1 Å². The van der Waals surface area contributed by atoms with Gasteiger partial charge in [-0.1, -0.05) is 29.3 Å². The smallest absolute Gasteiger partial charge is 0.243 e. The lowest BCUT2D eigenvalue weighted by Crippen LogP contribution is -2.26. The summed E-state index contributed by atoms with van der Waals surface area (Å²) in [6, 6.07) is 4.47. The number of hydrogen-bond acceptors (Lipinski definition) is 4. The lowest BCUT2D eigenvalue weighted by atomic mass is 10.2. The lowest BCUT2D eigenvalue weighted by molar-refractivity contribution is 0.567. The molecular formula is C11H10Cl2N2O2S2. The SMILES string of the molecule is C[C@@H](NS(=O)(=O)c1cc(Cl)sc1Cl)c1cccnc1. The number of aromatic nitrogens is 1. The molecule has 4 nitrogen and oxygen atoms in total. The van der Waals surface area contributed by atoms with E-state index in [2.05, 4.69) is 9.71 Å². The van der Waals surface area contributed by atoms with Crippen LogP contribution in [0.1, 0.15) is 18.5 Å². The van der Waals surface area contributed by atoms with E-state index in [0.29, 0.717) is 4.34 Å². The highest BCUT2D eigenvalue weighted by Crippen LogP contribution is 2.34. The van der Waals surface area contributed by atoms with Crippen molar-refractivity contribution in [2.45, 2.75) is 17.9 Å². The summed E-state index contributed by atoms with van der Waals surface area (Å²) in [5.74, 6) is 0. The third-order valence-electron chi connectivity index (χ3n) is 2.43. The van der Waals surface area contributed by atoms with E-state index in [9.17, 15) is 8.42 Å². The van der Waals surface area contributed by atoms with Crippen LogP contribution >= 0.6 is 34.5 Å². The van der Waals surface area contributed by atoms with Gasteiger partial charge in [0, 0.05) is 18.4 Å². The Morgan fingerprint density at radius 1 is 1.42 bits per heavy atom. The van der Waals surface area contributed by atoms with Gasteiger partial charge < -0.3 is 0 Å². The van der Waals surface area contributed by atoms with Gasteiger partial charge in [0.05, 0.1) is 4.34 Å². The summed E-state index contributed by atoms with van der Waals surface area (Å²) < 4.78 is 27.4. The highest BCUT2D eigenvalue weighted by atomic mass is 35.5. The van der Waals surface area contributed by atoms with Gasteiger partial charge in [0.15, 0.2) is 0 Å². The van der Waals surface area contributed by atoms with E-state index in [1.165, 1.54) is 6.07 Å². The van der Waals surface area contributed by atoms with Crippen LogP contribution in [-0.4, -0.2) is 13.4 Å². The van der Waals surface area contributed by atoms with Crippen LogP contribution < -0.4 is 4.72 Å². The Hall–Kier alpha value is -0.660. The molecule has 0 aliphatic carbocycles. The fraction of sp³-hybridized carbons (Fsp3) is 0.182. The van der Waals surface area contributed by atoms with E-state index in [-0.39, 0.29) is 9.23 Å². The highest BCUT2D eigenvalue weighted by Gasteiger charge is 2.23. The number of nitrogens with one attached hydrogen (secondary N) is 1. The van der Waals surface area contributed by atoms with Crippen LogP contribution in [0.5, 0.6) is 0 Å². The quantitative estimate of drug-likeness (QED) is 0.929. The summed E-state index contributed by atoms with van der Waals surface area (Å²) >= 11 is 12.6. The van der Waals surface area contributed by atoms with Crippen molar-refractivity contribution in [2.24, 2.45) is 0 Å². The molecule has 0 fully saturated rings. The zero-order chi connectivity index (χ0) is 14.0. The van der Waals surface area contributed by atoms with Gasteiger partial charge in [0.2, 0.25) is 10.0 Å². The Morgan fingerprint density at radius 3 is 2.68 bits per heavy atom. The number of pyridine rings is 1. The molecule has 0 aromatic carbocycles. The number of rotatable bonds is 4. The molecule has 2 heterocycles. The molecule has 0 saturated carbocycles. The normalized spacial score (nSPS) is 13.4. The molecule has 0 amide bonds. The molecule has 8 heteroatoms. The highest BCUT2D eigenvalue weighted by molar-refractivity contribution is 7.89. The maximum atomic E-state index is 12.2. The Labute approximate surface area is 125 Å². The van der Waals surface area contributed by atoms with Crippen LogP contribution in [0, 0.1) is 0 Å². The molecule has 0 spiro atoms. The largest absolute Gasteiger partial charge is 0.264 e. The third-order valence-corrected chi connectivity index (χ3v) is 5.72. The predicted molar refractivity (Wildman–Crippen MR) is 77.3 cm³/mol. The summed E-state index contributed by atoms with van der Waals surface area (Å²) in [7, 11) is -3.70. The Kier molecular flexibility index (Phi) is 4.47. The molecule has 0 saturated heterocycles. The van der Waals surface area contributed by atoms with Crippen molar-refractivity contribution in [3.8, 4) is 0 Å². The second kappa shape index (κ2) is 5.76. The molecule has 0 aliphatic rings. The molecule has 2 aromatic heterocycles. The van der Waals surface area contributed by atoms with E-state index in [0.717, 1.165) is 16.9 Å². The monoisotopic (exact) mass is 336 g/mol. The van der Waals surface area contributed by atoms with E-state index < -0.39 is 16.1 Å². The number of thiophene rings is 1. The van der Waals surface area contributed by atoms with Gasteiger partial charge in [-0.15, -0.1) is 11.3 Å². The second-order valence-corrected chi connectivity index (χ2v) is 7.79. The predicted octanol–water partition coefficient (Wildman–Crippen LogP) is 3.49. The molecule has 0 aliphatic heterocycles. The van der Waals surface area contributed by atoms with Crippen LogP contribution in [0.4, 0.5) is 0 Å². The zero-order valence-electron chi connectivity index (χ0n) is 9.80. The molecule has 19 heavy (non-hydrogen) atoms. The fourth-order valence-corrected chi connectivity index (χ4v) is 4.89. The first-order valence-corrected chi connectivity index (χ1v) is 8.33. The Bertz CT molecular complexity index is 671. The Morgan fingerprint density at radius 2 is 2.16 bits per heavy atom. The second-order valence-electron chi connectivity index (χ2n) is 3.82. The van der Waals surface area contributed by atoms with Crippen LogP contribution in [0.15, 0.2) is 35.5 Å². The van der Waals surface area contributed by atoms with Crippen LogP contribution in [0.2, 0.25) is 8.67 Å². The van der Waals surface area contributed by atoms with Crippen LogP contribution in [0.25, 0.3) is 0 Å². The van der Waals surface area contributed by atoms with Crippen molar-refractivity contribution >= 4 is 44.6 Å². The average molecular weight is 337 g/mol. The van der Waals surface area contributed by atoms with Crippen molar-refractivity contribution < 1.29 is 8.42 Å². The molecule has 102 valence electrons. The van der Waals surface area contributed by atoms with Crippen molar-refractivity contribution in [2.75, 3.05) is 0 Å². The lowest BCUT2D eigenvalue weighted by Gasteiger charge is -2.13. The molecule has 0 bridgehead atoms.